The molecule has 6 heteroatoms. The zero-order chi connectivity index (χ0) is 19.9. The van der Waals surface area contributed by atoms with Gasteiger partial charge in [0.1, 0.15) is 0 Å². The molecule has 2 saturated carbocycles. The molecule has 2 aliphatic carbocycles. The molecule has 2 N–H and O–H groups in total. The molecule has 2 rings (SSSR count). The maximum Gasteiger partial charge on any atom is 0.230 e. The van der Waals surface area contributed by atoms with Crippen molar-refractivity contribution in [1.29, 1.82) is 0 Å². The molecule has 27 heavy (non-hydrogen) atoms. The quantitative estimate of drug-likeness (QED) is 0.526. The molecule has 2 fully saturated rings. The van der Waals surface area contributed by atoms with Crippen molar-refractivity contribution >= 4 is 11.9 Å². The Labute approximate surface area is 166 Å². The van der Waals surface area contributed by atoms with Crippen LogP contribution in [0.4, 0.5) is 0 Å². The van der Waals surface area contributed by atoms with E-state index in [4.69, 9.17) is 0 Å². The highest BCUT2D eigenvalue weighted by Gasteiger charge is 2.42. The average molecular weight is 380 g/mol. The standard InChI is InChI=1S/C21H41N5O/c1-22-20(23-15-18(25(2)3)17-11-7-6-8-12-17)24-16-21(13-9-10-14-21)19(27)26(4)5/h17-18H,6-16H2,1-5H3,(H2,22,23,24). The lowest BCUT2D eigenvalue weighted by Crippen LogP contribution is -2.52. The average Bonchev–Trinajstić information content (AvgIpc) is 3.14. The number of hydrogen-bond acceptors (Lipinski definition) is 3. The van der Waals surface area contributed by atoms with Gasteiger partial charge >= 0.3 is 0 Å². The van der Waals surface area contributed by atoms with Crippen molar-refractivity contribution < 1.29 is 4.79 Å². The van der Waals surface area contributed by atoms with Gasteiger partial charge in [-0.1, -0.05) is 32.1 Å². The summed E-state index contributed by atoms with van der Waals surface area (Å²) in [6.07, 6.45) is 11.0. The first-order valence-corrected chi connectivity index (χ1v) is 10.7. The van der Waals surface area contributed by atoms with Crippen molar-refractivity contribution in [3.05, 3.63) is 0 Å². The van der Waals surface area contributed by atoms with Crippen LogP contribution < -0.4 is 10.6 Å². The molecule has 0 spiro atoms. The Bertz CT molecular complexity index is 491. The SMILES string of the molecule is CN=C(NCC(C1CCCCC1)N(C)C)NCC1(C(=O)N(C)C)CCCC1. The van der Waals surface area contributed by atoms with Gasteiger partial charge in [-0.2, -0.15) is 0 Å². The lowest BCUT2D eigenvalue weighted by atomic mass is 9.83. The molecule has 1 unspecified atom stereocenters. The summed E-state index contributed by atoms with van der Waals surface area (Å²) in [5.74, 6) is 1.82. The summed E-state index contributed by atoms with van der Waals surface area (Å²) in [5, 5.41) is 6.99. The predicted molar refractivity (Wildman–Crippen MR) is 113 cm³/mol. The lowest BCUT2D eigenvalue weighted by Gasteiger charge is -2.35. The third-order valence-corrected chi connectivity index (χ3v) is 6.57. The van der Waals surface area contributed by atoms with Crippen LogP contribution in [-0.2, 0) is 4.79 Å². The highest BCUT2D eigenvalue weighted by atomic mass is 16.2. The van der Waals surface area contributed by atoms with E-state index in [9.17, 15) is 4.79 Å². The van der Waals surface area contributed by atoms with E-state index in [1.54, 1.807) is 4.90 Å². The number of carbonyl (C=O) groups is 1. The Morgan fingerprint density at radius 3 is 2.19 bits per heavy atom. The van der Waals surface area contributed by atoms with Crippen molar-refractivity contribution in [2.45, 2.75) is 63.8 Å². The van der Waals surface area contributed by atoms with Crippen LogP contribution in [0.25, 0.3) is 0 Å². The molecule has 1 atom stereocenters. The first kappa shape index (κ1) is 22.0. The molecule has 1 amide bonds. The van der Waals surface area contributed by atoms with Gasteiger partial charge in [0.2, 0.25) is 5.91 Å². The number of carbonyl (C=O) groups excluding carboxylic acids is 1. The van der Waals surface area contributed by atoms with Gasteiger partial charge < -0.3 is 20.4 Å². The minimum Gasteiger partial charge on any atom is -0.355 e. The van der Waals surface area contributed by atoms with E-state index in [-0.39, 0.29) is 11.3 Å². The largest absolute Gasteiger partial charge is 0.355 e. The summed E-state index contributed by atoms with van der Waals surface area (Å²) in [4.78, 5) is 21.3. The van der Waals surface area contributed by atoms with Crippen LogP contribution in [0, 0.1) is 11.3 Å². The number of amides is 1. The molecular formula is C21H41N5O. The minimum absolute atomic E-state index is 0.247. The Hall–Kier alpha value is -1.30. The van der Waals surface area contributed by atoms with Crippen LogP contribution in [0.3, 0.4) is 0 Å². The second-order valence-electron chi connectivity index (χ2n) is 8.92. The van der Waals surface area contributed by atoms with Crippen molar-refractivity contribution in [3.63, 3.8) is 0 Å². The summed E-state index contributed by atoms with van der Waals surface area (Å²) in [6.45, 7) is 1.56. The fourth-order valence-electron chi connectivity index (χ4n) is 4.96. The number of nitrogens with zero attached hydrogens (tertiary/aromatic N) is 3. The van der Waals surface area contributed by atoms with E-state index < -0.39 is 0 Å². The normalized spacial score (nSPS) is 21.9. The fourth-order valence-corrected chi connectivity index (χ4v) is 4.96. The number of likely N-dealkylation sites (N-methyl/N-ethyl adjacent to an activating group) is 1. The lowest BCUT2D eigenvalue weighted by molar-refractivity contribution is -0.138. The topological polar surface area (TPSA) is 60.0 Å². The zero-order valence-corrected chi connectivity index (χ0v) is 18.2. The van der Waals surface area contributed by atoms with E-state index in [2.05, 4.69) is 34.6 Å². The zero-order valence-electron chi connectivity index (χ0n) is 18.2. The maximum atomic E-state index is 12.7. The molecule has 0 radical (unpaired) electrons. The minimum atomic E-state index is -0.272. The smallest absolute Gasteiger partial charge is 0.230 e. The van der Waals surface area contributed by atoms with Gasteiger partial charge in [0, 0.05) is 40.3 Å². The van der Waals surface area contributed by atoms with Crippen molar-refractivity contribution in [3.8, 4) is 0 Å². The maximum absolute atomic E-state index is 12.7. The highest BCUT2D eigenvalue weighted by Crippen LogP contribution is 2.38. The van der Waals surface area contributed by atoms with Crippen molar-refractivity contribution in [2.75, 3.05) is 48.3 Å². The number of guanidine groups is 1. The molecule has 0 heterocycles. The van der Waals surface area contributed by atoms with E-state index in [0.29, 0.717) is 12.6 Å². The number of nitrogens with one attached hydrogen (secondary N) is 2. The van der Waals surface area contributed by atoms with Crippen LogP contribution in [0.2, 0.25) is 0 Å². The van der Waals surface area contributed by atoms with Crippen LogP contribution in [-0.4, -0.2) is 76.0 Å². The number of hydrogen-bond donors (Lipinski definition) is 2. The summed E-state index contributed by atoms with van der Waals surface area (Å²) in [5.41, 5.74) is -0.272. The third-order valence-electron chi connectivity index (χ3n) is 6.57. The molecule has 156 valence electrons. The molecular weight excluding hydrogens is 338 g/mol. The number of aliphatic imine (C=N–C) groups is 1. The van der Waals surface area contributed by atoms with Gasteiger partial charge in [0.05, 0.1) is 5.41 Å². The summed E-state index contributed by atoms with van der Waals surface area (Å²) in [6, 6.07) is 0.521. The Balaban J connectivity index is 1.91. The Kier molecular flexibility index (Phi) is 8.39. The second-order valence-corrected chi connectivity index (χ2v) is 8.92. The number of rotatable bonds is 7. The molecule has 0 aliphatic heterocycles. The van der Waals surface area contributed by atoms with E-state index in [1.165, 1.54) is 32.1 Å². The molecule has 0 aromatic heterocycles. The monoisotopic (exact) mass is 379 g/mol. The highest BCUT2D eigenvalue weighted by molar-refractivity contribution is 5.85. The van der Waals surface area contributed by atoms with Crippen LogP contribution in [0.1, 0.15) is 57.8 Å². The molecule has 0 aromatic rings. The molecule has 0 saturated heterocycles. The van der Waals surface area contributed by atoms with Crippen molar-refractivity contribution in [1.82, 2.24) is 20.4 Å². The van der Waals surface area contributed by atoms with Gasteiger partial charge in [-0.05, 0) is 45.7 Å². The summed E-state index contributed by atoms with van der Waals surface area (Å²) < 4.78 is 0. The third kappa shape index (κ3) is 5.84. The van der Waals surface area contributed by atoms with E-state index >= 15 is 0 Å². The molecule has 0 bridgehead atoms. The summed E-state index contributed by atoms with van der Waals surface area (Å²) in [7, 11) is 9.90. The Morgan fingerprint density at radius 1 is 1.04 bits per heavy atom. The first-order chi connectivity index (χ1) is 12.9. The van der Waals surface area contributed by atoms with Crippen molar-refractivity contribution in [2.24, 2.45) is 16.3 Å². The molecule has 6 nitrogen and oxygen atoms in total. The van der Waals surface area contributed by atoms with Crippen LogP contribution >= 0.6 is 0 Å². The summed E-state index contributed by atoms with van der Waals surface area (Å²) >= 11 is 0. The Morgan fingerprint density at radius 2 is 1.67 bits per heavy atom. The van der Waals surface area contributed by atoms with Gasteiger partial charge in [-0.25, -0.2) is 0 Å². The van der Waals surface area contributed by atoms with Gasteiger partial charge in [0.15, 0.2) is 5.96 Å². The second kappa shape index (κ2) is 10.3. The molecule has 2 aliphatic rings. The fraction of sp³-hybridized carbons (Fsp3) is 0.905. The van der Waals surface area contributed by atoms with Gasteiger partial charge in [-0.3, -0.25) is 9.79 Å². The first-order valence-electron chi connectivity index (χ1n) is 10.7. The van der Waals surface area contributed by atoms with Gasteiger partial charge in [-0.15, -0.1) is 0 Å². The van der Waals surface area contributed by atoms with Crippen LogP contribution in [0.15, 0.2) is 4.99 Å². The molecule has 0 aromatic carbocycles. The van der Waals surface area contributed by atoms with E-state index in [1.807, 2.05) is 21.1 Å². The van der Waals surface area contributed by atoms with Crippen LogP contribution in [0.5, 0.6) is 0 Å². The predicted octanol–water partition coefficient (Wildman–Crippen LogP) is 2.31. The van der Waals surface area contributed by atoms with Gasteiger partial charge in [0.25, 0.3) is 0 Å². The van der Waals surface area contributed by atoms with E-state index in [0.717, 1.165) is 44.1 Å².